The van der Waals surface area contributed by atoms with Gasteiger partial charge in [-0.05, 0) is 56.1 Å². The number of nitrogens with one attached hydrogen (secondary N) is 1. The van der Waals surface area contributed by atoms with Gasteiger partial charge in [0.1, 0.15) is 5.76 Å². The molecular weight excluding hydrogens is 399 g/mol. The lowest BCUT2D eigenvalue weighted by atomic mass is 10.2. The zero-order chi connectivity index (χ0) is 14.0. The minimum Gasteiger partial charge on any atom is -0.451 e. The Morgan fingerprint density at radius 2 is 2.11 bits per heavy atom. The molecule has 0 aliphatic rings. The number of primary amides is 1. The SMILES string of the molecule is NC(=O)c1ccc(Cl)c(NCc2cc(Br)c(Br)o2)c1. The minimum atomic E-state index is -0.497. The number of hydrogen-bond donors (Lipinski definition) is 2. The van der Waals surface area contributed by atoms with Gasteiger partial charge in [-0.2, -0.15) is 0 Å². The molecule has 1 amide bonds. The van der Waals surface area contributed by atoms with Gasteiger partial charge in [0.05, 0.1) is 21.7 Å². The van der Waals surface area contributed by atoms with Gasteiger partial charge in [-0.3, -0.25) is 4.79 Å². The van der Waals surface area contributed by atoms with Crippen molar-refractivity contribution >= 4 is 55.1 Å². The largest absolute Gasteiger partial charge is 0.451 e. The van der Waals surface area contributed by atoms with Crippen LogP contribution in [0.4, 0.5) is 5.69 Å². The highest BCUT2D eigenvalue weighted by molar-refractivity contribution is 9.13. The first-order chi connectivity index (χ1) is 8.97. The smallest absolute Gasteiger partial charge is 0.248 e. The maximum Gasteiger partial charge on any atom is 0.248 e. The first-order valence-corrected chi connectivity index (χ1v) is 7.20. The third-order valence-corrected chi connectivity index (χ3v) is 4.44. The van der Waals surface area contributed by atoms with E-state index in [9.17, 15) is 4.79 Å². The molecular formula is C12H9Br2ClN2O2. The van der Waals surface area contributed by atoms with Crippen LogP contribution in [0.25, 0.3) is 0 Å². The van der Waals surface area contributed by atoms with Crippen molar-refractivity contribution in [3.63, 3.8) is 0 Å². The second-order valence-corrected chi connectivity index (χ2v) is 5.73. The van der Waals surface area contributed by atoms with E-state index in [4.69, 9.17) is 21.8 Å². The maximum atomic E-state index is 11.1. The Hall–Kier alpha value is -0.980. The van der Waals surface area contributed by atoms with Gasteiger partial charge < -0.3 is 15.5 Å². The lowest BCUT2D eigenvalue weighted by molar-refractivity contribution is 0.100. The standard InChI is InChI=1S/C12H9Br2ClN2O2/c13-8-4-7(19-11(8)14)5-17-10-3-6(12(16)18)1-2-9(10)15/h1-4,17H,5H2,(H2,16,18). The van der Waals surface area contributed by atoms with Crippen molar-refractivity contribution in [2.75, 3.05) is 5.32 Å². The number of amides is 1. The predicted molar refractivity (Wildman–Crippen MR) is 81.4 cm³/mol. The van der Waals surface area contributed by atoms with E-state index in [-0.39, 0.29) is 0 Å². The molecule has 1 heterocycles. The Morgan fingerprint density at radius 3 is 2.68 bits per heavy atom. The van der Waals surface area contributed by atoms with Crippen molar-refractivity contribution in [1.29, 1.82) is 0 Å². The molecule has 0 spiro atoms. The van der Waals surface area contributed by atoms with Gasteiger partial charge in [0.15, 0.2) is 4.67 Å². The Balaban J connectivity index is 2.14. The van der Waals surface area contributed by atoms with Crippen molar-refractivity contribution in [3.8, 4) is 0 Å². The number of carbonyl (C=O) groups excluding carboxylic acids is 1. The van der Waals surface area contributed by atoms with Gasteiger partial charge in [0, 0.05) is 5.56 Å². The molecule has 1 aromatic carbocycles. The van der Waals surface area contributed by atoms with Crippen molar-refractivity contribution in [2.24, 2.45) is 5.73 Å². The second kappa shape index (κ2) is 5.98. The van der Waals surface area contributed by atoms with Gasteiger partial charge in [-0.25, -0.2) is 0 Å². The van der Waals surface area contributed by atoms with E-state index in [1.165, 1.54) is 0 Å². The molecule has 1 aromatic heterocycles. The van der Waals surface area contributed by atoms with Crippen LogP contribution in [0.3, 0.4) is 0 Å². The Bertz CT molecular complexity index is 609. The summed E-state index contributed by atoms with van der Waals surface area (Å²) in [6, 6.07) is 6.65. The first kappa shape index (κ1) is 14.4. The molecule has 0 saturated heterocycles. The molecule has 2 rings (SSSR count). The van der Waals surface area contributed by atoms with E-state index < -0.39 is 5.91 Å². The summed E-state index contributed by atoms with van der Waals surface area (Å²) in [7, 11) is 0. The van der Waals surface area contributed by atoms with Crippen LogP contribution in [0.2, 0.25) is 5.02 Å². The highest BCUT2D eigenvalue weighted by Crippen LogP contribution is 2.28. The van der Waals surface area contributed by atoms with E-state index in [2.05, 4.69) is 37.2 Å². The van der Waals surface area contributed by atoms with E-state index in [1.54, 1.807) is 18.2 Å². The van der Waals surface area contributed by atoms with Crippen molar-refractivity contribution in [1.82, 2.24) is 0 Å². The fourth-order valence-electron chi connectivity index (χ4n) is 1.47. The van der Waals surface area contributed by atoms with Crippen LogP contribution in [0.5, 0.6) is 0 Å². The van der Waals surface area contributed by atoms with E-state index in [1.807, 2.05) is 6.07 Å². The molecule has 0 atom stereocenters. The molecule has 0 saturated carbocycles. The Labute approximate surface area is 131 Å². The number of halogens is 3. The fourth-order valence-corrected chi connectivity index (χ4v) is 2.32. The summed E-state index contributed by atoms with van der Waals surface area (Å²) in [6.45, 7) is 0.437. The molecule has 0 bridgehead atoms. The molecule has 0 fully saturated rings. The average molecular weight is 408 g/mol. The van der Waals surface area contributed by atoms with Crippen LogP contribution in [-0.4, -0.2) is 5.91 Å². The van der Waals surface area contributed by atoms with Crippen molar-refractivity contribution in [3.05, 3.63) is 49.8 Å². The molecule has 100 valence electrons. The van der Waals surface area contributed by atoms with Crippen LogP contribution in [0.1, 0.15) is 16.1 Å². The summed E-state index contributed by atoms with van der Waals surface area (Å²) in [5, 5.41) is 3.60. The molecule has 3 N–H and O–H groups in total. The summed E-state index contributed by atoms with van der Waals surface area (Å²) in [5.41, 5.74) is 6.25. The number of carbonyl (C=O) groups is 1. The third-order valence-electron chi connectivity index (χ3n) is 2.40. The maximum absolute atomic E-state index is 11.1. The number of benzene rings is 1. The van der Waals surface area contributed by atoms with Gasteiger partial charge >= 0.3 is 0 Å². The van der Waals surface area contributed by atoms with Crippen LogP contribution < -0.4 is 11.1 Å². The zero-order valence-electron chi connectivity index (χ0n) is 9.54. The summed E-state index contributed by atoms with van der Waals surface area (Å²) in [4.78, 5) is 11.1. The highest BCUT2D eigenvalue weighted by atomic mass is 79.9. The Kier molecular flexibility index (Phi) is 4.54. The van der Waals surface area contributed by atoms with Crippen molar-refractivity contribution < 1.29 is 9.21 Å². The monoisotopic (exact) mass is 406 g/mol. The normalized spacial score (nSPS) is 10.5. The van der Waals surface area contributed by atoms with E-state index in [0.717, 1.165) is 10.2 Å². The molecule has 0 radical (unpaired) electrons. The number of nitrogens with two attached hydrogens (primary N) is 1. The molecule has 0 aliphatic carbocycles. The highest BCUT2D eigenvalue weighted by Gasteiger charge is 2.08. The molecule has 7 heteroatoms. The van der Waals surface area contributed by atoms with E-state index in [0.29, 0.717) is 27.5 Å². The summed E-state index contributed by atoms with van der Waals surface area (Å²) >= 11 is 12.6. The van der Waals surface area contributed by atoms with Crippen LogP contribution in [-0.2, 0) is 6.54 Å². The average Bonchev–Trinajstić information content (AvgIpc) is 2.67. The second-order valence-electron chi connectivity index (χ2n) is 3.75. The van der Waals surface area contributed by atoms with Crippen molar-refractivity contribution in [2.45, 2.75) is 6.54 Å². The molecule has 0 aliphatic heterocycles. The Morgan fingerprint density at radius 1 is 1.37 bits per heavy atom. The molecule has 4 nitrogen and oxygen atoms in total. The quantitative estimate of drug-likeness (QED) is 0.798. The first-order valence-electron chi connectivity index (χ1n) is 5.24. The lowest BCUT2D eigenvalue weighted by Crippen LogP contribution is -2.11. The minimum absolute atomic E-state index is 0.397. The third kappa shape index (κ3) is 3.52. The van der Waals surface area contributed by atoms with E-state index >= 15 is 0 Å². The number of furan rings is 1. The number of rotatable bonds is 4. The number of hydrogen-bond acceptors (Lipinski definition) is 3. The van der Waals surface area contributed by atoms with Crippen LogP contribution in [0, 0.1) is 0 Å². The summed E-state index contributed by atoms with van der Waals surface area (Å²) in [6.07, 6.45) is 0. The van der Waals surface area contributed by atoms with Gasteiger partial charge in [-0.1, -0.05) is 11.6 Å². The van der Waals surface area contributed by atoms with Crippen LogP contribution >= 0.6 is 43.5 Å². The van der Waals surface area contributed by atoms with Gasteiger partial charge in [-0.15, -0.1) is 0 Å². The van der Waals surface area contributed by atoms with Gasteiger partial charge in [0.25, 0.3) is 0 Å². The summed E-state index contributed by atoms with van der Waals surface area (Å²) < 4.78 is 6.89. The lowest BCUT2D eigenvalue weighted by Gasteiger charge is -2.08. The van der Waals surface area contributed by atoms with Crippen LogP contribution in [0.15, 0.2) is 37.8 Å². The topological polar surface area (TPSA) is 68.3 Å². The molecule has 19 heavy (non-hydrogen) atoms. The van der Waals surface area contributed by atoms with Gasteiger partial charge in [0.2, 0.25) is 5.91 Å². The zero-order valence-corrected chi connectivity index (χ0v) is 13.5. The molecule has 2 aromatic rings. The molecule has 0 unspecified atom stereocenters. The number of anilines is 1. The predicted octanol–water partition coefficient (Wildman–Crippen LogP) is 4.17. The summed E-state index contributed by atoms with van der Waals surface area (Å²) in [5.74, 6) is 0.225. The fraction of sp³-hybridized carbons (Fsp3) is 0.0833.